The lowest BCUT2D eigenvalue weighted by Gasteiger charge is -2.32. The molecule has 3 rings (SSSR count). The average Bonchev–Trinajstić information content (AvgIpc) is 2.93. The molecule has 0 aromatic carbocycles. The summed E-state index contributed by atoms with van der Waals surface area (Å²) in [6, 6.07) is 0. The summed E-state index contributed by atoms with van der Waals surface area (Å²) < 4.78 is 2.19. The molecule has 0 atom stereocenters. The van der Waals surface area contributed by atoms with Gasteiger partial charge in [-0.3, -0.25) is 9.78 Å². The average molecular weight is 285 g/mol. The summed E-state index contributed by atoms with van der Waals surface area (Å²) in [6.45, 7) is 4.58. The summed E-state index contributed by atoms with van der Waals surface area (Å²) >= 11 is 0. The molecule has 110 valence electrons. The van der Waals surface area contributed by atoms with E-state index in [1.165, 1.54) is 6.20 Å². The monoisotopic (exact) mass is 285 g/mol. The highest BCUT2D eigenvalue weighted by Gasteiger charge is 2.24. The molecule has 1 aliphatic rings. The van der Waals surface area contributed by atoms with Crippen molar-refractivity contribution in [3.05, 3.63) is 42.5 Å². The quantitative estimate of drug-likeness (QED) is 0.858. The summed E-state index contributed by atoms with van der Waals surface area (Å²) in [5.41, 5.74) is 0.432. The van der Waals surface area contributed by atoms with Crippen LogP contribution in [0.1, 0.15) is 29.2 Å². The smallest absolute Gasteiger partial charge is 0.274 e. The van der Waals surface area contributed by atoms with E-state index >= 15 is 0 Å². The van der Waals surface area contributed by atoms with Gasteiger partial charge in [-0.25, -0.2) is 9.97 Å². The van der Waals surface area contributed by atoms with Crippen LogP contribution >= 0.6 is 0 Å². The Bertz CT molecular complexity index is 602. The van der Waals surface area contributed by atoms with Crippen molar-refractivity contribution in [2.24, 2.45) is 5.92 Å². The van der Waals surface area contributed by atoms with Crippen molar-refractivity contribution in [1.82, 2.24) is 24.4 Å². The van der Waals surface area contributed by atoms with Gasteiger partial charge in [0.2, 0.25) is 0 Å². The van der Waals surface area contributed by atoms with Crippen LogP contribution in [0.3, 0.4) is 0 Å². The molecule has 6 heteroatoms. The fourth-order valence-corrected chi connectivity index (χ4v) is 2.77. The van der Waals surface area contributed by atoms with Gasteiger partial charge in [-0.2, -0.15) is 0 Å². The molecular formula is C15H19N5O. The van der Waals surface area contributed by atoms with E-state index in [0.29, 0.717) is 11.6 Å². The molecule has 0 bridgehead atoms. The van der Waals surface area contributed by atoms with Crippen molar-refractivity contribution >= 4 is 5.91 Å². The van der Waals surface area contributed by atoms with Crippen LogP contribution in [-0.2, 0) is 6.54 Å². The number of aromatic nitrogens is 4. The van der Waals surface area contributed by atoms with Crippen LogP contribution in [0, 0.1) is 12.8 Å². The third-order valence-corrected chi connectivity index (χ3v) is 4.06. The number of rotatable bonds is 3. The molecule has 0 radical (unpaired) electrons. The van der Waals surface area contributed by atoms with Crippen LogP contribution in [0.4, 0.5) is 0 Å². The van der Waals surface area contributed by atoms with Crippen LogP contribution in [0.15, 0.2) is 31.0 Å². The first-order chi connectivity index (χ1) is 10.2. The molecule has 21 heavy (non-hydrogen) atoms. The lowest BCUT2D eigenvalue weighted by molar-refractivity contribution is 0.0676. The summed E-state index contributed by atoms with van der Waals surface area (Å²) in [6.07, 6.45) is 10.6. The van der Waals surface area contributed by atoms with E-state index in [0.717, 1.165) is 38.3 Å². The zero-order valence-electron chi connectivity index (χ0n) is 12.1. The minimum atomic E-state index is -0.0136. The van der Waals surface area contributed by atoms with E-state index in [-0.39, 0.29) is 5.91 Å². The lowest BCUT2D eigenvalue weighted by atomic mass is 9.96. The number of aryl methyl sites for hydroxylation is 1. The van der Waals surface area contributed by atoms with Crippen LogP contribution in [-0.4, -0.2) is 43.4 Å². The van der Waals surface area contributed by atoms with Crippen LogP contribution in [0.25, 0.3) is 0 Å². The van der Waals surface area contributed by atoms with Crippen molar-refractivity contribution in [3.63, 3.8) is 0 Å². The second kappa shape index (κ2) is 6.03. The summed E-state index contributed by atoms with van der Waals surface area (Å²) in [5.74, 6) is 1.64. The number of piperidine rings is 1. The fraction of sp³-hybridized carbons (Fsp3) is 0.467. The Morgan fingerprint density at radius 2 is 2.05 bits per heavy atom. The van der Waals surface area contributed by atoms with E-state index in [1.54, 1.807) is 12.4 Å². The molecule has 3 heterocycles. The number of imidazole rings is 1. The predicted molar refractivity (Wildman–Crippen MR) is 77.6 cm³/mol. The number of hydrogen-bond donors (Lipinski definition) is 0. The molecule has 0 unspecified atom stereocenters. The van der Waals surface area contributed by atoms with Gasteiger partial charge in [-0.15, -0.1) is 0 Å². The standard InChI is InChI=1S/C15H19N5O/c1-12-17-6-9-20(12)11-13-2-7-19(8-3-13)15(21)14-10-16-4-5-18-14/h4-6,9-10,13H,2-3,7-8,11H2,1H3. The number of likely N-dealkylation sites (tertiary alicyclic amines) is 1. The van der Waals surface area contributed by atoms with Crippen LogP contribution in [0.2, 0.25) is 0 Å². The van der Waals surface area contributed by atoms with Gasteiger partial charge in [0.05, 0.1) is 6.20 Å². The van der Waals surface area contributed by atoms with Gasteiger partial charge >= 0.3 is 0 Å². The molecule has 1 aliphatic heterocycles. The Balaban J connectivity index is 1.56. The minimum Gasteiger partial charge on any atom is -0.337 e. The molecule has 0 spiro atoms. The Labute approximate surface area is 123 Å². The van der Waals surface area contributed by atoms with Gasteiger partial charge in [0, 0.05) is 44.4 Å². The van der Waals surface area contributed by atoms with Gasteiger partial charge in [0.25, 0.3) is 5.91 Å². The number of hydrogen-bond acceptors (Lipinski definition) is 4. The molecule has 6 nitrogen and oxygen atoms in total. The zero-order chi connectivity index (χ0) is 14.7. The fourth-order valence-electron chi connectivity index (χ4n) is 2.77. The minimum absolute atomic E-state index is 0.0136. The SMILES string of the molecule is Cc1nccn1CC1CCN(C(=O)c2cnccn2)CC1. The molecule has 0 saturated carbocycles. The number of carbonyl (C=O) groups is 1. The van der Waals surface area contributed by atoms with Gasteiger partial charge in [-0.1, -0.05) is 0 Å². The second-order valence-electron chi connectivity index (χ2n) is 5.45. The first-order valence-electron chi connectivity index (χ1n) is 7.27. The van der Waals surface area contributed by atoms with E-state index in [1.807, 2.05) is 24.2 Å². The predicted octanol–water partition coefficient (Wildman–Crippen LogP) is 1.53. The first-order valence-corrected chi connectivity index (χ1v) is 7.27. The maximum atomic E-state index is 12.3. The van der Waals surface area contributed by atoms with Crippen molar-refractivity contribution in [1.29, 1.82) is 0 Å². The van der Waals surface area contributed by atoms with Gasteiger partial charge < -0.3 is 9.47 Å². The van der Waals surface area contributed by atoms with Crippen molar-refractivity contribution in [2.75, 3.05) is 13.1 Å². The molecular weight excluding hydrogens is 266 g/mol. The van der Waals surface area contributed by atoms with Gasteiger partial charge in [-0.05, 0) is 25.7 Å². The molecule has 0 aliphatic carbocycles. The van der Waals surface area contributed by atoms with Crippen molar-refractivity contribution in [2.45, 2.75) is 26.3 Å². The normalized spacial score (nSPS) is 16.1. The number of amides is 1. The number of carbonyl (C=O) groups excluding carboxylic acids is 1. The molecule has 2 aromatic heterocycles. The maximum absolute atomic E-state index is 12.3. The lowest BCUT2D eigenvalue weighted by Crippen LogP contribution is -2.39. The molecule has 2 aromatic rings. The van der Waals surface area contributed by atoms with E-state index in [4.69, 9.17) is 0 Å². The summed E-state index contributed by atoms with van der Waals surface area (Å²) in [4.78, 5) is 26.4. The summed E-state index contributed by atoms with van der Waals surface area (Å²) in [7, 11) is 0. The largest absolute Gasteiger partial charge is 0.337 e. The zero-order valence-corrected chi connectivity index (χ0v) is 12.1. The van der Waals surface area contributed by atoms with Crippen molar-refractivity contribution < 1.29 is 4.79 Å². The van der Waals surface area contributed by atoms with E-state index in [2.05, 4.69) is 19.5 Å². The molecule has 0 N–H and O–H groups in total. The highest BCUT2D eigenvalue weighted by molar-refractivity contribution is 5.91. The molecule has 1 saturated heterocycles. The third-order valence-electron chi connectivity index (χ3n) is 4.06. The molecule has 1 amide bonds. The topological polar surface area (TPSA) is 63.9 Å². The summed E-state index contributed by atoms with van der Waals surface area (Å²) in [5, 5.41) is 0. The number of nitrogens with zero attached hydrogens (tertiary/aromatic N) is 5. The maximum Gasteiger partial charge on any atom is 0.274 e. The second-order valence-corrected chi connectivity index (χ2v) is 5.45. The van der Waals surface area contributed by atoms with E-state index in [9.17, 15) is 4.79 Å². The van der Waals surface area contributed by atoms with Crippen LogP contribution < -0.4 is 0 Å². The highest BCUT2D eigenvalue weighted by Crippen LogP contribution is 2.20. The third kappa shape index (κ3) is 3.09. The first kappa shape index (κ1) is 13.7. The Morgan fingerprint density at radius 3 is 2.67 bits per heavy atom. The Kier molecular flexibility index (Phi) is 3.94. The van der Waals surface area contributed by atoms with Crippen LogP contribution in [0.5, 0.6) is 0 Å². The highest BCUT2D eigenvalue weighted by atomic mass is 16.2. The van der Waals surface area contributed by atoms with Gasteiger partial charge in [0.15, 0.2) is 0 Å². The Hall–Kier alpha value is -2.24. The van der Waals surface area contributed by atoms with Gasteiger partial charge in [0.1, 0.15) is 11.5 Å². The van der Waals surface area contributed by atoms with E-state index < -0.39 is 0 Å². The van der Waals surface area contributed by atoms with Crippen molar-refractivity contribution in [3.8, 4) is 0 Å². The molecule has 1 fully saturated rings. The Morgan fingerprint density at radius 1 is 1.24 bits per heavy atom.